The second kappa shape index (κ2) is 20.8. The third-order valence-corrected chi connectivity index (χ3v) is 38.3. The second-order valence-electron chi connectivity index (χ2n) is 22.1. The van der Waals surface area contributed by atoms with E-state index in [2.05, 4.69) is 352 Å². The SMILES string of the molecule is c1ccc([Si]2(c3ccccc3)c3ccccc3[Si](c3ccccc3)(c3ccccc3)c3cc4oc5c([Si](c6ccccc6)(c6ccccc6)c6ccccc6)cccc5c4cc3[Si](c3ccccc3)(c3ccccc3)c3ccccc32)cc1. The minimum atomic E-state index is -3.60. The number of hydrogen-bond donors (Lipinski definition) is 0. The molecule has 13 aromatic carbocycles. The standard InChI is InChI=1S/C78H58OSi4/c1-10-33-59(34-11-1)80(60-35-12-2-13-36-60,61-37-14-3-15-38-61)75-56-32-51-68-69-57-76-77(58-70(69)79-78(68)75)83(66-47-24-8-25-48-66,67-49-26-9-27-50-67)74-55-31-29-53-72(74)81(62-39-16-4-17-40-62,63-41-18-5-19-42-63)71-52-28-30-54-73(71)82(76,64-43-20-6-21-44-64)65-45-22-7-23-46-65/h1-58H. The topological polar surface area (TPSA) is 13.1 Å². The maximum atomic E-state index is 7.99. The maximum absolute atomic E-state index is 7.99. The van der Waals surface area contributed by atoms with Crippen molar-refractivity contribution in [3.05, 3.63) is 352 Å². The predicted molar refractivity (Wildman–Crippen MR) is 362 cm³/mol. The van der Waals surface area contributed by atoms with Gasteiger partial charge in [0.1, 0.15) is 11.2 Å². The van der Waals surface area contributed by atoms with Gasteiger partial charge in [-0.15, -0.1) is 0 Å². The number of benzene rings is 13. The molecule has 0 unspecified atom stereocenters. The Bertz CT molecular complexity index is 4370. The van der Waals surface area contributed by atoms with Crippen molar-refractivity contribution in [3.8, 4) is 0 Å². The molecule has 0 N–H and O–H groups in total. The van der Waals surface area contributed by atoms with Gasteiger partial charge < -0.3 is 4.42 Å². The molecule has 1 aromatic heterocycles. The molecule has 0 bridgehead atoms. The molecule has 0 radical (unpaired) electrons. The van der Waals surface area contributed by atoms with Crippen molar-refractivity contribution in [2.45, 2.75) is 0 Å². The van der Waals surface area contributed by atoms with Gasteiger partial charge in [-0.1, -0.05) is 346 Å². The quantitative estimate of drug-likeness (QED) is 0.103. The molecule has 0 saturated carbocycles. The third kappa shape index (κ3) is 7.55. The normalized spacial score (nSPS) is 14.1. The fourth-order valence-corrected chi connectivity index (χ4v) is 38.0. The summed E-state index contributed by atoms with van der Waals surface area (Å²) in [7, 11) is -13.7. The van der Waals surface area contributed by atoms with Crippen LogP contribution >= 0.6 is 0 Å². The smallest absolute Gasteiger partial charge is 0.184 e. The first-order valence-corrected chi connectivity index (χ1v) is 36.9. The average Bonchev–Trinajstić information content (AvgIpc) is 2.72. The van der Waals surface area contributed by atoms with Gasteiger partial charge in [-0.25, -0.2) is 0 Å². The van der Waals surface area contributed by atoms with Crippen molar-refractivity contribution in [2.75, 3.05) is 0 Å². The summed E-state index contributed by atoms with van der Waals surface area (Å²) in [5.74, 6) is 0. The lowest BCUT2D eigenvalue weighted by Crippen LogP contribution is -2.85. The third-order valence-electron chi connectivity index (χ3n) is 18.2. The molecular formula is C78H58OSi4. The molecular weight excluding hydrogens is 1070 g/mol. The molecule has 83 heavy (non-hydrogen) atoms. The summed E-state index contributed by atoms with van der Waals surface area (Å²) in [4.78, 5) is 0. The van der Waals surface area contributed by atoms with Gasteiger partial charge in [0, 0.05) is 10.8 Å². The first-order chi connectivity index (χ1) is 41.2. The van der Waals surface area contributed by atoms with Crippen LogP contribution in [0.15, 0.2) is 356 Å². The van der Waals surface area contributed by atoms with E-state index in [1.165, 1.54) is 83.0 Å². The van der Waals surface area contributed by atoms with Gasteiger partial charge in [-0.05, 0) is 89.1 Å². The molecule has 0 amide bonds. The van der Waals surface area contributed by atoms with Crippen LogP contribution in [0.2, 0.25) is 0 Å². The number of rotatable bonds is 10. The molecule has 14 aromatic rings. The zero-order valence-electron chi connectivity index (χ0n) is 45.9. The fourth-order valence-electron chi connectivity index (χ4n) is 15.0. The van der Waals surface area contributed by atoms with Crippen LogP contribution < -0.4 is 83.0 Å². The van der Waals surface area contributed by atoms with Gasteiger partial charge in [0.15, 0.2) is 32.3 Å². The molecule has 15 rings (SSSR count). The highest BCUT2D eigenvalue weighted by Crippen LogP contribution is 2.31. The van der Waals surface area contributed by atoms with E-state index in [4.69, 9.17) is 4.42 Å². The summed E-state index contributed by atoms with van der Waals surface area (Å²) >= 11 is 0. The minimum Gasteiger partial charge on any atom is -0.456 e. The summed E-state index contributed by atoms with van der Waals surface area (Å²) in [5, 5.41) is 23.9. The molecule has 0 spiro atoms. The zero-order valence-corrected chi connectivity index (χ0v) is 49.9. The van der Waals surface area contributed by atoms with Gasteiger partial charge >= 0.3 is 0 Å². The van der Waals surface area contributed by atoms with E-state index in [1.54, 1.807) is 0 Å². The summed E-state index contributed by atoms with van der Waals surface area (Å²) < 4.78 is 7.99. The lowest BCUT2D eigenvalue weighted by atomic mass is 10.1. The van der Waals surface area contributed by atoms with Crippen molar-refractivity contribution in [2.24, 2.45) is 0 Å². The molecule has 0 atom stereocenters. The monoisotopic (exact) mass is 1120 g/mol. The second-order valence-corrected chi connectivity index (χ2v) is 37.0. The van der Waals surface area contributed by atoms with E-state index in [9.17, 15) is 0 Å². The molecule has 1 aliphatic rings. The van der Waals surface area contributed by atoms with E-state index < -0.39 is 32.3 Å². The molecule has 1 nitrogen and oxygen atoms in total. The van der Waals surface area contributed by atoms with Crippen LogP contribution in [0.5, 0.6) is 0 Å². The van der Waals surface area contributed by atoms with Crippen LogP contribution in [0.1, 0.15) is 0 Å². The Kier molecular flexibility index (Phi) is 12.7. The zero-order chi connectivity index (χ0) is 55.3. The Labute approximate surface area is 490 Å². The van der Waals surface area contributed by atoms with Crippen molar-refractivity contribution < 1.29 is 4.42 Å². The van der Waals surface area contributed by atoms with Crippen molar-refractivity contribution in [3.63, 3.8) is 0 Å². The molecule has 2 heterocycles. The lowest BCUT2D eigenvalue weighted by molar-refractivity contribution is 0.671. The van der Waals surface area contributed by atoms with Gasteiger partial charge in [0.2, 0.25) is 0 Å². The molecule has 1 aliphatic heterocycles. The number of hydrogen-bond acceptors (Lipinski definition) is 1. The Balaban J connectivity index is 1.22. The van der Waals surface area contributed by atoms with Gasteiger partial charge in [-0.3, -0.25) is 0 Å². The Hall–Kier alpha value is -9.47. The maximum Gasteiger partial charge on any atom is 0.184 e. The van der Waals surface area contributed by atoms with Crippen LogP contribution in [-0.2, 0) is 0 Å². The van der Waals surface area contributed by atoms with E-state index in [1.807, 2.05) is 0 Å². The molecule has 0 fully saturated rings. The predicted octanol–water partition coefficient (Wildman–Crippen LogP) is 7.41. The largest absolute Gasteiger partial charge is 0.456 e. The van der Waals surface area contributed by atoms with Crippen LogP contribution in [0.4, 0.5) is 0 Å². The number of para-hydroxylation sites is 1. The van der Waals surface area contributed by atoms with Crippen molar-refractivity contribution in [1.82, 2.24) is 0 Å². The molecule has 0 saturated heterocycles. The highest BCUT2D eigenvalue weighted by atomic mass is 28.3. The molecule has 392 valence electrons. The first kappa shape index (κ1) is 50.5. The number of furan rings is 1. The summed E-state index contributed by atoms with van der Waals surface area (Å²) in [5.41, 5.74) is 1.84. The molecule has 5 heteroatoms. The van der Waals surface area contributed by atoms with E-state index >= 15 is 0 Å². The van der Waals surface area contributed by atoms with Crippen LogP contribution in [0, 0.1) is 0 Å². The summed E-state index contributed by atoms with van der Waals surface area (Å²) in [6.45, 7) is 0. The van der Waals surface area contributed by atoms with E-state index in [0.717, 1.165) is 21.9 Å². The van der Waals surface area contributed by atoms with Gasteiger partial charge in [0.05, 0.1) is 0 Å². The highest BCUT2D eigenvalue weighted by Gasteiger charge is 2.58. The lowest BCUT2D eigenvalue weighted by Gasteiger charge is -2.41. The van der Waals surface area contributed by atoms with Gasteiger partial charge in [-0.2, -0.15) is 0 Å². The Morgan fingerprint density at radius 1 is 0.217 bits per heavy atom. The van der Waals surface area contributed by atoms with Crippen LogP contribution in [0.25, 0.3) is 21.9 Å². The summed E-state index contributed by atoms with van der Waals surface area (Å²) in [6, 6.07) is 136. The van der Waals surface area contributed by atoms with E-state index in [-0.39, 0.29) is 0 Å². The number of fused-ring (bicyclic) bond motifs is 6. The van der Waals surface area contributed by atoms with Crippen LogP contribution in [-0.4, -0.2) is 32.3 Å². The average molecular weight is 1120 g/mol. The highest BCUT2D eigenvalue weighted by molar-refractivity contribution is 7.33. The Morgan fingerprint density at radius 2 is 0.482 bits per heavy atom. The van der Waals surface area contributed by atoms with Crippen molar-refractivity contribution in [1.29, 1.82) is 0 Å². The fraction of sp³-hybridized carbons (Fsp3) is 0. The van der Waals surface area contributed by atoms with E-state index in [0.29, 0.717) is 0 Å². The van der Waals surface area contributed by atoms with Crippen molar-refractivity contribution >= 4 is 137 Å². The summed E-state index contributed by atoms with van der Waals surface area (Å²) in [6.07, 6.45) is 0. The van der Waals surface area contributed by atoms with Gasteiger partial charge in [0.25, 0.3) is 0 Å². The minimum absolute atomic E-state index is 0.899. The van der Waals surface area contributed by atoms with Crippen LogP contribution in [0.3, 0.4) is 0 Å². The Morgan fingerprint density at radius 3 is 0.795 bits per heavy atom. The molecule has 0 aliphatic carbocycles. The first-order valence-electron chi connectivity index (χ1n) is 28.9.